The van der Waals surface area contributed by atoms with Crippen LogP contribution in [0.15, 0.2) is 23.0 Å². The Kier molecular flexibility index (Phi) is 3.92. The van der Waals surface area contributed by atoms with Gasteiger partial charge in [-0.1, -0.05) is 17.7 Å². The summed E-state index contributed by atoms with van der Waals surface area (Å²) in [6, 6.07) is 4.45. The Labute approximate surface area is 129 Å². The van der Waals surface area contributed by atoms with Crippen molar-refractivity contribution in [3.05, 3.63) is 50.3 Å². The predicted octanol–water partition coefficient (Wildman–Crippen LogP) is 1.98. The summed E-state index contributed by atoms with van der Waals surface area (Å²) in [7, 11) is 0. The largest absolute Gasteiger partial charge is 0.478 e. The molecule has 1 aromatic carbocycles. The molecule has 2 rings (SSSR count). The van der Waals surface area contributed by atoms with Gasteiger partial charge in [0.05, 0.1) is 0 Å². The van der Waals surface area contributed by atoms with Crippen LogP contribution in [0.2, 0.25) is 5.02 Å². The van der Waals surface area contributed by atoms with Gasteiger partial charge in [-0.3, -0.25) is 4.79 Å². The van der Waals surface area contributed by atoms with E-state index in [9.17, 15) is 24.6 Å². The van der Waals surface area contributed by atoms with E-state index in [0.29, 0.717) is 10.6 Å². The molecule has 0 bridgehead atoms. The second kappa shape index (κ2) is 5.53. The highest BCUT2D eigenvalue weighted by Crippen LogP contribution is 2.32. The molecule has 0 amide bonds. The Morgan fingerprint density at radius 3 is 2.27 bits per heavy atom. The van der Waals surface area contributed by atoms with E-state index in [1.54, 1.807) is 6.92 Å². The molecule has 114 valence electrons. The van der Waals surface area contributed by atoms with Gasteiger partial charge in [-0.25, -0.2) is 9.59 Å². The molecule has 22 heavy (non-hydrogen) atoms. The molecule has 0 spiro atoms. The van der Waals surface area contributed by atoms with E-state index in [2.05, 4.69) is 0 Å². The fourth-order valence-electron chi connectivity index (χ4n) is 2.22. The number of anilines is 1. The van der Waals surface area contributed by atoms with Gasteiger partial charge in [-0.2, -0.15) is 0 Å². The van der Waals surface area contributed by atoms with E-state index in [4.69, 9.17) is 17.3 Å². The van der Waals surface area contributed by atoms with Crippen LogP contribution in [0.5, 0.6) is 0 Å². The number of aromatic carboxylic acids is 2. The van der Waals surface area contributed by atoms with Gasteiger partial charge < -0.3 is 20.9 Å². The summed E-state index contributed by atoms with van der Waals surface area (Å²) < 4.78 is 0. The lowest BCUT2D eigenvalue weighted by molar-refractivity contribution is 0.0695. The average molecular weight is 323 g/mol. The molecule has 0 unspecified atom stereocenters. The molecule has 0 aliphatic rings. The lowest BCUT2D eigenvalue weighted by atomic mass is 9.92. The fourth-order valence-corrected chi connectivity index (χ4v) is 2.45. The minimum absolute atomic E-state index is 0.240. The molecule has 1 aromatic heterocycles. The first kappa shape index (κ1) is 15.6. The molecule has 0 saturated carbocycles. The highest BCUT2D eigenvalue weighted by molar-refractivity contribution is 6.30. The zero-order valence-electron chi connectivity index (χ0n) is 11.3. The SMILES string of the molecule is Cc1cc(Cl)ccc1-c1c(C(=O)O)c(N)[nH]c(=O)c1C(=O)O. The highest BCUT2D eigenvalue weighted by Gasteiger charge is 2.27. The number of carboxylic acids is 2. The number of carboxylic acid groups (broad SMARTS) is 2. The molecule has 0 radical (unpaired) electrons. The molecular weight excluding hydrogens is 312 g/mol. The van der Waals surface area contributed by atoms with Crippen LogP contribution < -0.4 is 11.3 Å². The van der Waals surface area contributed by atoms with Crippen molar-refractivity contribution in [2.45, 2.75) is 6.92 Å². The lowest BCUT2D eigenvalue weighted by Crippen LogP contribution is -2.24. The Balaban J connectivity index is 3.02. The third-order valence-electron chi connectivity index (χ3n) is 3.13. The second-order valence-electron chi connectivity index (χ2n) is 4.56. The Morgan fingerprint density at radius 1 is 1.18 bits per heavy atom. The fraction of sp³-hybridized carbons (Fsp3) is 0.0714. The maximum atomic E-state index is 11.9. The van der Waals surface area contributed by atoms with Crippen molar-refractivity contribution < 1.29 is 19.8 Å². The number of aromatic amines is 1. The van der Waals surface area contributed by atoms with Gasteiger partial charge in [0, 0.05) is 10.6 Å². The Hall–Kier alpha value is -2.80. The number of nitrogens with one attached hydrogen (secondary N) is 1. The summed E-state index contributed by atoms with van der Waals surface area (Å²) >= 11 is 5.85. The van der Waals surface area contributed by atoms with Crippen LogP contribution in [-0.2, 0) is 0 Å². The smallest absolute Gasteiger partial charge is 0.342 e. The third-order valence-corrected chi connectivity index (χ3v) is 3.37. The van der Waals surface area contributed by atoms with Crippen molar-refractivity contribution in [3.63, 3.8) is 0 Å². The van der Waals surface area contributed by atoms with E-state index < -0.39 is 34.4 Å². The quantitative estimate of drug-likeness (QED) is 0.682. The highest BCUT2D eigenvalue weighted by atomic mass is 35.5. The van der Waals surface area contributed by atoms with Gasteiger partial charge in [0.25, 0.3) is 5.56 Å². The number of carbonyl (C=O) groups is 2. The summed E-state index contributed by atoms with van der Waals surface area (Å²) in [5, 5.41) is 19.0. The van der Waals surface area contributed by atoms with Gasteiger partial charge in [-0.05, 0) is 30.2 Å². The molecule has 2 aromatic rings. The first-order valence-corrected chi connectivity index (χ1v) is 6.40. The molecule has 5 N–H and O–H groups in total. The number of benzene rings is 1. The van der Waals surface area contributed by atoms with Crippen LogP contribution in [0.1, 0.15) is 26.3 Å². The zero-order valence-corrected chi connectivity index (χ0v) is 12.1. The first-order valence-electron chi connectivity index (χ1n) is 6.03. The van der Waals surface area contributed by atoms with Crippen molar-refractivity contribution in [2.24, 2.45) is 0 Å². The number of H-pyrrole nitrogens is 1. The van der Waals surface area contributed by atoms with Crippen molar-refractivity contribution >= 4 is 29.4 Å². The van der Waals surface area contributed by atoms with Crippen LogP contribution in [-0.4, -0.2) is 27.1 Å². The van der Waals surface area contributed by atoms with Crippen LogP contribution >= 0.6 is 11.6 Å². The topological polar surface area (TPSA) is 133 Å². The van der Waals surface area contributed by atoms with Gasteiger partial charge in [0.1, 0.15) is 16.9 Å². The number of pyridine rings is 1. The normalized spacial score (nSPS) is 10.5. The second-order valence-corrected chi connectivity index (χ2v) is 5.00. The predicted molar refractivity (Wildman–Crippen MR) is 80.6 cm³/mol. The number of nitrogens with two attached hydrogens (primary N) is 1. The van der Waals surface area contributed by atoms with Crippen LogP contribution in [0, 0.1) is 6.92 Å². The molecule has 0 fully saturated rings. The van der Waals surface area contributed by atoms with Gasteiger partial charge in [0.2, 0.25) is 0 Å². The van der Waals surface area contributed by atoms with E-state index >= 15 is 0 Å². The van der Waals surface area contributed by atoms with Gasteiger partial charge >= 0.3 is 11.9 Å². The minimum Gasteiger partial charge on any atom is -0.478 e. The summed E-state index contributed by atoms with van der Waals surface area (Å²) in [6.45, 7) is 1.62. The van der Waals surface area contributed by atoms with Crippen LogP contribution in [0.25, 0.3) is 11.1 Å². The molecule has 0 atom stereocenters. The minimum atomic E-state index is -1.55. The Morgan fingerprint density at radius 2 is 1.77 bits per heavy atom. The van der Waals surface area contributed by atoms with Crippen molar-refractivity contribution in [3.8, 4) is 11.1 Å². The lowest BCUT2D eigenvalue weighted by Gasteiger charge is -2.14. The van der Waals surface area contributed by atoms with E-state index in [1.165, 1.54) is 18.2 Å². The number of halogens is 1. The number of nitrogen functional groups attached to an aromatic ring is 1. The number of aromatic nitrogens is 1. The Bertz CT molecular complexity index is 857. The summed E-state index contributed by atoms with van der Waals surface area (Å²) in [4.78, 5) is 36.8. The number of hydrogen-bond donors (Lipinski definition) is 4. The number of rotatable bonds is 3. The van der Waals surface area contributed by atoms with E-state index in [1.807, 2.05) is 4.98 Å². The monoisotopic (exact) mass is 322 g/mol. The first-order chi connectivity index (χ1) is 10.2. The van der Waals surface area contributed by atoms with Crippen LogP contribution in [0.4, 0.5) is 5.82 Å². The average Bonchev–Trinajstić information content (AvgIpc) is 2.36. The molecule has 7 nitrogen and oxygen atoms in total. The van der Waals surface area contributed by atoms with Gasteiger partial charge in [-0.15, -0.1) is 0 Å². The number of hydrogen-bond acceptors (Lipinski definition) is 4. The maximum absolute atomic E-state index is 11.9. The standard InChI is InChI=1S/C14H11ClN2O5/c1-5-4-6(15)2-3-7(5)8-9(13(19)20)11(16)17-12(18)10(8)14(21)22/h2-4H,1H3,(H,19,20)(H,21,22)(H3,16,17,18). The third kappa shape index (κ3) is 2.53. The molecule has 0 saturated heterocycles. The molecule has 0 aliphatic heterocycles. The van der Waals surface area contributed by atoms with E-state index in [0.717, 1.165) is 0 Å². The maximum Gasteiger partial charge on any atom is 0.342 e. The van der Waals surface area contributed by atoms with Crippen molar-refractivity contribution in [1.82, 2.24) is 4.98 Å². The molecule has 8 heteroatoms. The summed E-state index contributed by atoms with van der Waals surface area (Å²) in [5.74, 6) is -3.40. The summed E-state index contributed by atoms with van der Waals surface area (Å²) in [6.07, 6.45) is 0. The van der Waals surface area contributed by atoms with Crippen molar-refractivity contribution in [1.29, 1.82) is 0 Å². The van der Waals surface area contributed by atoms with E-state index in [-0.39, 0.29) is 11.1 Å². The zero-order chi connectivity index (χ0) is 16.6. The summed E-state index contributed by atoms with van der Waals surface area (Å²) in [5.41, 5.74) is 3.96. The molecular formula is C14H11ClN2O5. The van der Waals surface area contributed by atoms with Gasteiger partial charge in [0.15, 0.2) is 0 Å². The molecule has 1 heterocycles. The number of aryl methyl sites for hydroxylation is 1. The van der Waals surface area contributed by atoms with Crippen molar-refractivity contribution in [2.75, 3.05) is 5.73 Å². The van der Waals surface area contributed by atoms with Crippen LogP contribution in [0.3, 0.4) is 0 Å². The molecule has 0 aliphatic carbocycles.